The zero-order chi connectivity index (χ0) is 22.4. The number of carbonyl (C=O) groups is 1. The normalized spacial score (nSPS) is 17.9. The second-order valence-electron chi connectivity index (χ2n) is 8.84. The van der Waals surface area contributed by atoms with Crippen LogP contribution >= 0.6 is 0 Å². The summed E-state index contributed by atoms with van der Waals surface area (Å²) in [6, 6.07) is 6.48. The lowest BCUT2D eigenvalue weighted by atomic mass is 9.79. The highest BCUT2D eigenvalue weighted by Crippen LogP contribution is 2.34. The fourth-order valence-corrected chi connectivity index (χ4v) is 4.85. The molecule has 1 fully saturated rings. The Morgan fingerprint density at radius 1 is 1.19 bits per heavy atom. The Kier molecular flexibility index (Phi) is 8.27. The molecule has 6 nitrogen and oxygen atoms in total. The average molecular weight is 429 g/mol. The predicted octanol–water partition coefficient (Wildman–Crippen LogP) is 4.46. The molecule has 1 aromatic heterocycles. The van der Waals surface area contributed by atoms with Crippen molar-refractivity contribution in [3.05, 3.63) is 40.2 Å². The largest absolute Gasteiger partial charge is 0.424 e. The van der Waals surface area contributed by atoms with Gasteiger partial charge in [-0.3, -0.25) is 9.59 Å². The van der Waals surface area contributed by atoms with Crippen LogP contribution in [0.4, 0.5) is 0 Å². The molecule has 0 saturated heterocycles. The maximum Gasteiger partial charge on any atom is 0.311 e. The van der Waals surface area contributed by atoms with Crippen LogP contribution in [0, 0.1) is 11.8 Å². The summed E-state index contributed by atoms with van der Waals surface area (Å²) in [5.74, 6) is 0.912. The van der Waals surface area contributed by atoms with E-state index in [0.29, 0.717) is 34.6 Å². The third-order valence-corrected chi connectivity index (χ3v) is 6.66. The summed E-state index contributed by atoms with van der Waals surface area (Å²) in [6.45, 7) is 6.90. The Bertz CT molecular complexity index is 933. The van der Waals surface area contributed by atoms with Gasteiger partial charge in [0.1, 0.15) is 0 Å². The van der Waals surface area contributed by atoms with Gasteiger partial charge in [0.15, 0.2) is 5.75 Å². The molecule has 0 amide bonds. The van der Waals surface area contributed by atoms with Crippen molar-refractivity contribution in [1.82, 2.24) is 10.3 Å². The van der Waals surface area contributed by atoms with Crippen molar-refractivity contribution < 1.29 is 14.6 Å². The Balaban J connectivity index is 1.83. The zero-order valence-corrected chi connectivity index (χ0v) is 18.9. The van der Waals surface area contributed by atoms with Crippen molar-refractivity contribution in [3.63, 3.8) is 0 Å². The molecule has 1 saturated carbocycles. The van der Waals surface area contributed by atoms with Gasteiger partial charge in [0.2, 0.25) is 5.56 Å². The summed E-state index contributed by atoms with van der Waals surface area (Å²) in [5, 5.41) is 14.9. The molecule has 0 spiro atoms. The van der Waals surface area contributed by atoms with E-state index in [9.17, 15) is 14.7 Å². The lowest BCUT2D eigenvalue weighted by Gasteiger charge is -2.27. The van der Waals surface area contributed by atoms with Crippen molar-refractivity contribution in [1.29, 1.82) is 0 Å². The number of hydrogen-bond acceptors (Lipinski definition) is 5. The van der Waals surface area contributed by atoms with E-state index in [4.69, 9.17) is 4.74 Å². The first-order chi connectivity index (χ1) is 14.9. The van der Waals surface area contributed by atoms with Crippen LogP contribution < -0.4 is 15.6 Å². The van der Waals surface area contributed by atoms with Gasteiger partial charge in [0.05, 0.1) is 11.6 Å². The van der Waals surface area contributed by atoms with Gasteiger partial charge in [-0.1, -0.05) is 58.9 Å². The van der Waals surface area contributed by atoms with E-state index in [1.54, 1.807) is 18.2 Å². The first-order valence-electron chi connectivity index (χ1n) is 11.7. The summed E-state index contributed by atoms with van der Waals surface area (Å²) in [4.78, 5) is 27.5. The molecule has 3 unspecified atom stereocenters. The van der Waals surface area contributed by atoms with Crippen molar-refractivity contribution in [2.45, 2.75) is 77.9 Å². The van der Waals surface area contributed by atoms with Crippen LogP contribution in [-0.2, 0) is 4.79 Å². The molecule has 6 heteroatoms. The molecule has 31 heavy (non-hydrogen) atoms. The monoisotopic (exact) mass is 428 g/mol. The van der Waals surface area contributed by atoms with Gasteiger partial charge in [-0.2, -0.15) is 0 Å². The van der Waals surface area contributed by atoms with Gasteiger partial charge < -0.3 is 20.1 Å². The number of aliphatic hydroxyl groups is 1. The molecule has 3 atom stereocenters. The van der Waals surface area contributed by atoms with Crippen LogP contribution in [0.5, 0.6) is 5.75 Å². The molecule has 1 aliphatic rings. The third kappa shape index (κ3) is 5.74. The highest BCUT2D eigenvalue weighted by atomic mass is 16.5. The molecule has 3 N–H and O–H groups in total. The van der Waals surface area contributed by atoms with Crippen LogP contribution in [0.3, 0.4) is 0 Å². The average Bonchev–Trinajstić information content (AvgIpc) is 2.77. The fraction of sp³-hybridized carbons (Fsp3) is 0.600. The molecular weight excluding hydrogens is 392 g/mol. The Morgan fingerprint density at radius 3 is 2.61 bits per heavy atom. The number of nitrogens with one attached hydrogen (secondary N) is 2. The molecule has 1 aliphatic carbocycles. The summed E-state index contributed by atoms with van der Waals surface area (Å²) in [5.41, 5.74) is 0.884. The summed E-state index contributed by atoms with van der Waals surface area (Å²) < 4.78 is 5.71. The number of esters is 1. The lowest BCUT2D eigenvalue weighted by molar-refractivity contribution is -0.135. The summed E-state index contributed by atoms with van der Waals surface area (Å²) >= 11 is 0. The Morgan fingerprint density at radius 2 is 1.94 bits per heavy atom. The zero-order valence-electron chi connectivity index (χ0n) is 18.9. The fourth-order valence-electron chi connectivity index (χ4n) is 4.85. The van der Waals surface area contributed by atoms with E-state index in [0.717, 1.165) is 13.0 Å². The molecule has 3 rings (SSSR count). The Labute approximate surface area is 184 Å². The number of aliphatic hydroxyl groups excluding tert-OH is 1. The van der Waals surface area contributed by atoms with Crippen molar-refractivity contribution in [3.8, 4) is 5.75 Å². The van der Waals surface area contributed by atoms with Gasteiger partial charge in [0.25, 0.3) is 0 Å². The van der Waals surface area contributed by atoms with Crippen LogP contribution in [-0.4, -0.2) is 28.6 Å². The quantitative estimate of drug-likeness (QED) is 0.405. The van der Waals surface area contributed by atoms with E-state index in [2.05, 4.69) is 17.2 Å². The number of aromatic amines is 1. The number of aromatic nitrogens is 1. The summed E-state index contributed by atoms with van der Waals surface area (Å²) in [7, 11) is 0. The minimum absolute atomic E-state index is 0.107. The number of likely N-dealkylation sites (N-methyl/N-ethyl adjacent to an activating group) is 1. The minimum Gasteiger partial charge on any atom is -0.424 e. The number of benzene rings is 1. The highest BCUT2D eigenvalue weighted by molar-refractivity contribution is 5.90. The third-order valence-electron chi connectivity index (χ3n) is 6.66. The van der Waals surface area contributed by atoms with E-state index < -0.39 is 6.10 Å². The number of ether oxygens (including phenoxy) is 1. The first kappa shape index (κ1) is 23.5. The van der Waals surface area contributed by atoms with E-state index in [-0.39, 0.29) is 23.5 Å². The van der Waals surface area contributed by atoms with Gasteiger partial charge in [-0.25, -0.2) is 0 Å². The SMILES string of the molecule is CCNC(CC)C(O)c1ccc(OC(=O)CC(C)C2CCCCC2)c2[nH]c(=O)ccc12. The van der Waals surface area contributed by atoms with E-state index >= 15 is 0 Å². The molecule has 0 radical (unpaired) electrons. The molecule has 0 bridgehead atoms. The lowest BCUT2D eigenvalue weighted by Crippen LogP contribution is -2.34. The van der Waals surface area contributed by atoms with Crippen LogP contribution in [0.1, 0.15) is 77.4 Å². The molecule has 1 heterocycles. The number of fused-ring (bicyclic) bond motifs is 1. The molecule has 1 aromatic carbocycles. The number of pyridine rings is 1. The maximum absolute atomic E-state index is 12.7. The second-order valence-corrected chi connectivity index (χ2v) is 8.84. The van der Waals surface area contributed by atoms with Crippen molar-refractivity contribution in [2.75, 3.05) is 6.54 Å². The predicted molar refractivity (Wildman–Crippen MR) is 123 cm³/mol. The van der Waals surface area contributed by atoms with Gasteiger partial charge in [0, 0.05) is 23.9 Å². The van der Waals surface area contributed by atoms with Gasteiger partial charge in [-0.15, -0.1) is 0 Å². The first-order valence-corrected chi connectivity index (χ1v) is 11.7. The van der Waals surface area contributed by atoms with E-state index in [1.165, 1.54) is 38.2 Å². The smallest absolute Gasteiger partial charge is 0.311 e. The van der Waals surface area contributed by atoms with Crippen LogP contribution in [0.2, 0.25) is 0 Å². The molecular formula is C25H36N2O4. The number of carbonyl (C=O) groups excluding carboxylic acids is 1. The van der Waals surface area contributed by atoms with Gasteiger partial charge in [-0.05, 0) is 42.5 Å². The minimum atomic E-state index is -0.741. The Hall–Kier alpha value is -2.18. The number of rotatable bonds is 9. The number of hydrogen-bond donors (Lipinski definition) is 3. The van der Waals surface area contributed by atoms with Crippen molar-refractivity contribution >= 4 is 16.9 Å². The maximum atomic E-state index is 12.7. The molecule has 170 valence electrons. The second kappa shape index (κ2) is 10.9. The van der Waals surface area contributed by atoms with Crippen molar-refractivity contribution in [2.24, 2.45) is 11.8 Å². The molecule has 0 aliphatic heterocycles. The molecule has 2 aromatic rings. The topological polar surface area (TPSA) is 91.4 Å². The van der Waals surface area contributed by atoms with E-state index in [1.807, 2.05) is 13.8 Å². The summed E-state index contributed by atoms with van der Waals surface area (Å²) in [6.07, 6.45) is 6.52. The highest BCUT2D eigenvalue weighted by Gasteiger charge is 2.25. The van der Waals surface area contributed by atoms with Gasteiger partial charge >= 0.3 is 5.97 Å². The van der Waals surface area contributed by atoms with Crippen LogP contribution in [0.25, 0.3) is 10.9 Å². The standard InChI is InChI=1S/C25H36N2O4/c1-4-20(26-5-2)25(30)19-11-13-21(24-18(19)12-14-22(28)27-24)31-23(29)15-16(3)17-9-7-6-8-10-17/h11-14,16-17,20,25-26,30H,4-10,15H2,1-3H3,(H,27,28). The van der Waals surface area contributed by atoms with Crippen LogP contribution in [0.15, 0.2) is 29.1 Å². The number of H-pyrrole nitrogens is 1.